The van der Waals surface area contributed by atoms with Gasteiger partial charge in [-0.25, -0.2) is 4.98 Å². The monoisotopic (exact) mass is 390 g/mol. The van der Waals surface area contributed by atoms with Crippen LogP contribution in [0.15, 0.2) is 36.5 Å². The standard InChI is InChI=1S/C23H26N4O2/c1-17-4-2-11-26(17)12-3-13-29-20-7-8-21-19(14-20)6-10-23(28)27(21)22-9-5-18(15-24)16-25-22/h5,7-9,14,16-17H,2-4,6,10-13H2,1H3/t17-/m1/s1. The van der Waals surface area contributed by atoms with Crippen LogP contribution in [0.1, 0.15) is 43.7 Å². The van der Waals surface area contributed by atoms with E-state index >= 15 is 0 Å². The van der Waals surface area contributed by atoms with Gasteiger partial charge in [-0.15, -0.1) is 0 Å². The van der Waals surface area contributed by atoms with Crippen molar-refractivity contribution in [3.8, 4) is 11.8 Å². The van der Waals surface area contributed by atoms with Gasteiger partial charge in [-0.2, -0.15) is 5.26 Å². The van der Waals surface area contributed by atoms with E-state index in [1.807, 2.05) is 18.2 Å². The van der Waals surface area contributed by atoms with Crippen LogP contribution in [0.3, 0.4) is 0 Å². The highest BCUT2D eigenvalue weighted by Crippen LogP contribution is 2.35. The second-order valence-electron chi connectivity index (χ2n) is 7.77. The summed E-state index contributed by atoms with van der Waals surface area (Å²) in [6, 6.07) is 12.0. The van der Waals surface area contributed by atoms with Gasteiger partial charge >= 0.3 is 0 Å². The van der Waals surface area contributed by atoms with Gasteiger partial charge in [-0.05, 0) is 75.0 Å². The third-order valence-corrected chi connectivity index (χ3v) is 5.80. The highest BCUT2D eigenvalue weighted by atomic mass is 16.5. The summed E-state index contributed by atoms with van der Waals surface area (Å²) >= 11 is 0. The van der Waals surface area contributed by atoms with E-state index in [4.69, 9.17) is 10.00 Å². The maximum atomic E-state index is 12.5. The number of carbonyl (C=O) groups excluding carboxylic acids is 1. The molecule has 150 valence electrons. The number of pyridine rings is 1. The van der Waals surface area contributed by atoms with Crippen molar-refractivity contribution in [1.82, 2.24) is 9.88 Å². The molecule has 0 unspecified atom stereocenters. The topological polar surface area (TPSA) is 69.5 Å². The van der Waals surface area contributed by atoms with Gasteiger partial charge in [0.05, 0.1) is 17.9 Å². The Hall–Kier alpha value is -2.91. The molecule has 2 aromatic rings. The van der Waals surface area contributed by atoms with Crippen LogP contribution in [0, 0.1) is 11.3 Å². The Balaban J connectivity index is 1.42. The first-order chi connectivity index (χ1) is 14.2. The second-order valence-corrected chi connectivity index (χ2v) is 7.77. The maximum Gasteiger partial charge on any atom is 0.233 e. The van der Waals surface area contributed by atoms with Crippen LogP contribution in [0.4, 0.5) is 11.5 Å². The Morgan fingerprint density at radius 3 is 2.90 bits per heavy atom. The predicted molar refractivity (Wildman–Crippen MR) is 111 cm³/mol. The smallest absolute Gasteiger partial charge is 0.233 e. The molecule has 6 heteroatoms. The van der Waals surface area contributed by atoms with Crippen molar-refractivity contribution in [3.05, 3.63) is 47.7 Å². The van der Waals surface area contributed by atoms with Gasteiger partial charge in [0.25, 0.3) is 0 Å². The van der Waals surface area contributed by atoms with Crippen molar-refractivity contribution in [3.63, 3.8) is 0 Å². The molecule has 0 aliphatic carbocycles. The van der Waals surface area contributed by atoms with E-state index in [0.29, 0.717) is 36.9 Å². The average molecular weight is 390 g/mol. The summed E-state index contributed by atoms with van der Waals surface area (Å²) in [6.45, 7) is 5.28. The number of anilines is 2. The van der Waals surface area contributed by atoms with Crippen LogP contribution >= 0.6 is 0 Å². The number of likely N-dealkylation sites (tertiary alicyclic amines) is 1. The number of carbonyl (C=O) groups is 1. The normalized spacial score (nSPS) is 19.1. The molecule has 1 aromatic carbocycles. The molecule has 3 heterocycles. The van der Waals surface area contributed by atoms with Crippen molar-refractivity contribution >= 4 is 17.4 Å². The van der Waals surface area contributed by atoms with E-state index in [9.17, 15) is 4.79 Å². The number of nitriles is 1. The average Bonchev–Trinajstić information content (AvgIpc) is 3.16. The summed E-state index contributed by atoms with van der Waals surface area (Å²) in [4.78, 5) is 21.0. The number of nitrogens with zero attached hydrogens (tertiary/aromatic N) is 4. The summed E-state index contributed by atoms with van der Waals surface area (Å²) in [5, 5.41) is 8.96. The molecule has 0 radical (unpaired) electrons. The first-order valence-electron chi connectivity index (χ1n) is 10.3. The van der Waals surface area contributed by atoms with Crippen LogP contribution in [-0.4, -0.2) is 41.5 Å². The fraction of sp³-hybridized carbons (Fsp3) is 0.435. The summed E-state index contributed by atoms with van der Waals surface area (Å²) in [7, 11) is 0. The molecule has 2 aliphatic heterocycles. The number of aromatic nitrogens is 1. The van der Waals surface area contributed by atoms with Crippen LogP contribution in [0.5, 0.6) is 5.75 Å². The number of fused-ring (bicyclic) bond motifs is 1. The zero-order valence-electron chi connectivity index (χ0n) is 16.8. The molecule has 1 saturated heterocycles. The van der Waals surface area contributed by atoms with Gasteiger partial charge < -0.3 is 9.64 Å². The number of hydrogen-bond acceptors (Lipinski definition) is 5. The van der Waals surface area contributed by atoms with Gasteiger partial charge in [0.2, 0.25) is 5.91 Å². The lowest BCUT2D eigenvalue weighted by molar-refractivity contribution is -0.118. The van der Waals surface area contributed by atoms with E-state index in [1.54, 1.807) is 17.0 Å². The largest absolute Gasteiger partial charge is 0.494 e. The third-order valence-electron chi connectivity index (χ3n) is 5.80. The molecule has 0 N–H and O–H groups in total. The van der Waals surface area contributed by atoms with Crippen LogP contribution in [0.2, 0.25) is 0 Å². The summed E-state index contributed by atoms with van der Waals surface area (Å²) in [6.07, 6.45) is 6.25. The molecule has 1 aromatic heterocycles. The van der Waals surface area contributed by atoms with E-state index in [0.717, 1.165) is 30.0 Å². The molecule has 0 bridgehead atoms. The molecule has 1 fully saturated rings. The SMILES string of the molecule is C[C@@H]1CCCN1CCCOc1ccc2c(c1)CCC(=O)N2c1ccc(C#N)cn1. The van der Waals surface area contributed by atoms with Gasteiger partial charge in [0, 0.05) is 25.2 Å². The molecule has 1 amide bonds. The Kier molecular flexibility index (Phi) is 5.77. The molecule has 29 heavy (non-hydrogen) atoms. The van der Waals surface area contributed by atoms with Crippen molar-refractivity contribution < 1.29 is 9.53 Å². The highest BCUT2D eigenvalue weighted by Gasteiger charge is 2.27. The van der Waals surface area contributed by atoms with E-state index < -0.39 is 0 Å². The Bertz CT molecular complexity index is 919. The van der Waals surface area contributed by atoms with Gasteiger partial charge in [0.15, 0.2) is 0 Å². The van der Waals surface area contributed by atoms with Crippen molar-refractivity contribution in [2.75, 3.05) is 24.6 Å². The lowest BCUT2D eigenvalue weighted by Gasteiger charge is -2.29. The second kappa shape index (κ2) is 8.62. The summed E-state index contributed by atoms with van der Waals surface area (Å²) in [5.41, 5.74) is 2.41. The number of hydrogen-bond donors (Lipinski definition) is 0. The molecule has 6 nitrogen and oxygen atoms in total. The fourth-order valence-corrected chi connectivity index (χ4v) is 4.18. The minimum atomic E-state index is 0.0168. The summed E-state index contributed by atoms with van der Waals surface area (Å²) in [5.74, 6) is 1.41. The van der Waals surface area contributed by atoms with Gasteiger partial charge in [0.1, 0.15) is 17.6 Å². The van der Waals surface area contributed by atoms with Crippen molar-refractivity contribution in [2.24, 2.45) is 0 Å². The van der Waals surface area contributed by atoms with Crippen molar-refractivity contribution in [1.29, 1.82) is 5.26 Å². The number of amides is 1. The Morgan fingerprint density at radius 2 is 2.17 bits per heavy atom. The quantitative estimate of drug-likeness (QED) is 0.702. The number of rotatable bonds is 6. The first kappa shape index (κ1) is 19.4. The first-order valence-corrected chi connectivity index (χ1v) is 10.3. The predicted octanol–water partition coefficient (Wildman–Crippen LogP) is 3.82. The lowest BCUT2D eigenvalue weighted by Crippen LogP contribution is -2.31. The van der Waals surface area contributed by atoms with Gasteiger partial charge in [-0.1, -0.05) is 0 Å². The third kappa shape index (κ3) is 4.25. The van der Waals surface area contributed by atoms with Crippen molar-refractivity contribution in [2.45, 2.75) is 45.1 Å². The fourth-order valence-electron chi connectivity index (χ4n) is 4.18. The van der Waals surface area contributed by atoms with E-state index in [-0.39, 0.29) is 5.91 Å². The number of aryl methyl sites for hydroxylation is 1. The minimum absolute atomic E-state index is 0.0168. The zero-order valence-corrected chi connectivity index (χ0v) is 16.8. The molecule has 0 spiro atoms. The van der Waals surface area contributed by atoms with Crippen LogP contribution in [-0.2, 0) is 11.2 Å². The molecule has 1 atom stereocenters. The highest BCUT2D eigenvalue weighted by molar-refractivity contribution is 6.02. The Morgan fingerprint density at radius 1 is 1.28 bits per heavy atom. The molecule has 0 saturated carbocycles. The van der Waals surface area contributed by atoms with E-state index in [1.165, 1.54) is 25.6 Å². The minimum Gasteiger partial charge on any atom is -0.494 e. The lowest BCUT2D eigenvalue weighted by atomic mass is 10.0. The number of benzene rings is 1. The Labute approximate surface area is 171 Å². The van der Waals surface area contributed by atoms with E-state index in [2.05, 4.69) is 22.9 Å². The number of ether oxygens (including phenoxy) is 1. The zero-order chi connectivity index (χ0) is 20.2. The molecule has 2 aliphatic rings. The molecule has 4 rings (SSSR count). The van der Waals surface area contributed by atoms with Crippen LogP contribution < -0.4 is 9.64 Å². The summed E-state index contributed by atoms with van der Waals surface area (Å²) < 4.78 is 5.98. The van der Waals surface area contributed by atoms with Gasteiger partial charge in [-0.3, -0.25) is 9.69 Å². The maximum absolute atomic E-state index is 12.5. The van der Waals surface area contributed by atoms with Crippen LogP contribution in [0.25, 0.3) is 0 Å². The molecular weight excluding hydrogens is 364 g/mol. The molecular formula is C23H26N4O2.